The smallest absolute Gasteiger partial charge is 0.310 e. The molecule has 3 fully saturated rings. The molecule has 27 heavy (non-hydrogen) atoms. The van der Waals surface area contributed by atoms with Gasteiger partial charge in [0.1, 0.15) is 0 Å². The summed E-state index contributed by atoms with van der Waals surface area (Å²) in [6.07, 6.45) is 13.9. The van der Waals surface area contributed by atoms with Crippen LogP contribution in [0.4, 0.5) is 0 Å². The largest absolute Gasteiger partial charge is 0.469 e. The van der Waals surface area contributed by atoms with Crippen molar-refractivity contribution in [2.75, 3.05) is 40.4 Å². The number of hydrogen-bond acceptors (Lipinski definition) is 5. The predicted molar refractivity (Wildman–Crippen MR) is 105 cm³/mol. The van der Waals surface area contributed by atoms with Crippen molar-refractivity contribution in [3.8, 4) is 0 Å². The van der Waals surface area contributed by atoms with Gasteiger partial charge in [-0.2, -0.15) is 0 Å². The van der Waals surface area contributed by atoms with Crippen molar-refractivity contribution in [2.24, 2.45) is 17.3 Å². The molecule has 4 rings (SSSR count). The number of nitrogens with zero attached hydrogens (tertiary/aromatic N) is 1. The number of rotatable bonds is 2. The topological polar surface area (TPSA) is 50.8 Å². The predicted octanol–water partition coefficient (Wildman–Crippen LogP) is 2.76. The second-order valence-corrected chi connectivity index (χ2v) is 9.10. The van der Waals surface area contributed by atoms with E-state index in [0.717, 1.165) is 45.3 Å². The van der Waals surface area contributed by atoms with E-state index in [2.05, 4.69) is 22.4 Å². The Bertz CT molecular complexity index is 580. The number of carbonyl (C=O) groups is 1. The highest BCUT2D eigenvalue weighted by Crippen LogP contribution is 2.58. The van der Waals surface area contributed by atoms with E-state index in [9.17, 15) is 4.79 Å². The van der Waals surface area contributed by atoms with Crippen molar-refractivity contribution in [1.29, 1.82) is 0 Å². The maximum absolute atomic E-state index is 12.8. The van der Waals surface area contributed by atoms with Crippen LogP contribution in [0.1, 0.15) is 51.4 Å². The first kappa shape index (κ1) is 19.4. The van der Waals surface area contributed by atoms with Crippen molar-refractivity contribution < 1.29 is 14.3 Å². The molecule has 152 valence electrons. The molecule has 0 aromatic heterocycles. The summed E-state index contributed by atoms with van der Waals surface area (Å²) in [7, 11) is 3.42. The normalized spacial score (nSPS) is 45.9. The van der Waals surface area contributed by atoms with Gasteiger partial charge in [-0.1, -0.05) is 12.2 Å². The second-order valence-electron chi connectivity index (χ2n) is 9.10. The molecular weight excluding hydrogens is 340 g/mol. The van der Waals surface area contributed by atoms with Crippen LogP contribution in [0.15, 0.2) is 12.2 Å². The number of allylic oxidation sites excluding steroid dienone is 2. The molecule has 1 N–H and O–H groups in total. The van der Waals surface area contributed by atoms with Gasteiger partial charge in [-0.3, -0.25) is 4.79 Å². The summed E-state index contributed by atoms with van der Waals surface area (Å²) in [6.45, 7) is 4.04. The molecule has 5 heteroatoms. The summed E-state index contributed by atoms with van der Waals surface area (Å²) in [5.74, 6) is 0.491. The first-order valence-electron chi connectivity index (χ1n) is 10.9. The minimum Gasteiger partial charge on any atom is -0.469 e. The molecule has 5 nitrogen and oxygen atoms in total. The molecule has 3 heterocycles. The van der Waals surface area contributed by atoms with Crippen LogP contribution in [0.25, 0.3) is 0 Å². The van der Waals surface area contributed by atoms with E-state index in [-0.39, 0.29) is 28.9 Å². The first-order valence-corrected chi connectivity index (χ1v) is 10.9. The lowest BCUT2D eigenvalue weighted by Gasteiger charge is -2.59. The SMILES string of the molecule is COC(=O)C1CN[C@H]2[C@]3(OC)CC/C=C\CCCCN4CC[C@@H](CC3)[C@@]12C4. The molecule has 0 radical (unpaired) electrons. The highest BCUT2D eigenvalue weighted by molar-refractivity contribution is 5.74. The first-order chi connectivity index (χ1) is 13.2. The van der Waals surface area contributed by atoms with E-state index in [4.69, 9.17) is 9.47 Å². The zero-order valence-electron chi connectivity index (χ0n) is 17.0. The summed E-state index contributed by atoms with van der Waals surface area (Å²) in [5.41, 5.74) is -0.238. The van der Waals surface area contributed by atoms with Crippen LogP contribution in [0.2, 0.25) is 0 Å². The number of ether oxygens (including phenoxy) is 2. The minimum atomic E-state index is -0.180. The third-order valence-corrected chi connectivity index (χ3v) is 8.09. The molecule has 0 amide bonds. The van der Waals surface area contributed by atoms with E-state index in [1.807, 2.05) is 7.11 Å². The number of nitrogens with one attached hydrogen (secondary N) is 1. The van der Waals surface area contributed by atoms with Crippen LogP contribution < -0.4 is 5.32 Å². The number of carbonyl (C=O) groups excluding carboxylic acids is 1. The third-order valence-electron chi connectivity index (χ3n) is 8.09. The van der Waals surface area contributed by atoms with Gasteiger partial charge in [0.15, 0.2) is 0 Å². The lowest BCUT2D eigenvalue weighted by molar-refractivity contribution is -0.172. The van der Waals surface area contributed by atoms with Gasteiger partial charge in [0.25, 0.3) is 0 Å². The summed E-state index contributed by atoms with van der Waals surface area (Å²) in [6, 6.07) is 0.231. The molecule has 4 aliphatic rings. The summed E-state index contributed by atoms with van der Waals surface area (Å²) >= 11 is 0. The summed E-state index contributed by atoms with van der Waals surface area (Å²) < 4.78 is 11.6. The number of methoxy groups -OCH3 is 2. The van der Waals surface area contributed by atoms with Gasteiger partial charge in [-0.15, -0.1) is 0 Å². The van der Waals surface area contributed by atoms with Gasteiger partial charge in [0, 0.05) is 31.7 Å². The lowest BCUT2D eigenvalue weighted by atomic mass is 9.52. The maximum atomic E-state index is 12.8. The minimum absolute atomic E-state index is 0.0343. The zero-order chi connectivity index (χ0) is 18.9. The van der Waals surface area contributed by atoms with Crippen molar-refractivity contribution >= 4 is 5.97 Å². The van der Waals surface area contributed by atoms with Gasteiger partial charge >= 0.3 is 5.97 Å². The van der Waals surface area contributed by atoms with E-state index in [1.165, 1.54) is 32.2 Å². The Balaban J connectivity index is 1.75. The summed E-state index contributed by atoms with van der Waals surface area (Å²) in [4.78, 5) is 15.5. The maximum Gasteiger partial charge on any atom is 0.310 e. The van der Waals surface area contributed by atoms with E-state index >= 15 is 0 Å². The molecule has 0 aromatic rings. The number of fused-ring (bicyclic) bond motifs is 1. The lowest BCUT2D eigenvalue weighted by Crippen LogP contribution is -2.68. The Hall–Kier alpha value is -0.910. The fourth-order valence-corrected chi connectivity index (χ4v) is 6.78. The Labute approximate surface area is 163 Å². The number of hydrogen-bond donors (Lipinski definition) is 1. The molecule has 0 aromatic carbocycles. The van der Waals surface area contributed by atoms with Gasteiger partial charge in [0.05, 0.1) is 18.6 Å². The van der Waals surface area contributed by atoms with Gasteiger partial charge in [-0.05, 0) is 70.4 Å². The monoisotopic (exact) mass is 376 g/mol. The average Bonchev–Trinajstić information content (AvgIpc) is 3.07. The highest BCUT2D eigenvalue weighted by atomic mass is 16.5. The van der Waals surface area contributed by atoms with Crippen LogP contribution in [-0.2, 0) is 14.3 Å². The third kappa shape index (κ3) is 3.16. The van der Waals surface area contributed by atoms with Crippen molar-refractivity contribution in [2.45, 2.75) is 63.0 Å². The van der Waals surface area contributed by atoms with E-state index in [0.29, 0.717) is 5.92 Å². The van der Waals surface area contributed by atoms with Crippen LogP contribution in [-0.4, -0.2) is 62.9 Å². The number of piperidine rings is 1. The van der Waals surface area contributed by atoms with Crippen molar-refractivity contribution in [3.63, 3.8) is 0 Å². The van der Waals surface area contributed by atoms with Gasteiger partial charge in [0.2, 0.25) is 0 Å². The number of esters is 1. The molecule has 1 spiro atoms. The fourth-order valence-electron chi connectivity index (χ4n) is 6.78. The highest BCUT2D eigenvalue weighted by Gasteiger charge is 2.67. The molecule has 6 atom stereocenters. The van der Waals surface area contributed by atoms with Crippen molar-refractivity contribution in [3.05, 3.63) is 12.2 Å². The fraction of sp³-hybridized carbons (Fsp3) is 0.864. The second kappa shape index (κ2) is 7.84. The Morgan fingerprint density at radius 3 is 2.78 bits per heavy atom. The summed E-state index contributed by atoms with van der Waals surface area (Å²) in [5, 5.41) is 3.78. The Morgan fingerprint density at radius 1 is 1.11 bits per heavy atom. The van der Waals surface area contributed by atoms with E-state index in [1.54, 1.807) is 7.11 Å². The average molecular weight is 377 g/mol. The molecular formula is C22H36N2O3. The quantitative estimate of drug-likeness (QED) is 0.593. The Kier molecular flexibility index (Phi) is 5.64. The van der Waals surface area contributed by atoms with Gasteiger partial charge < -0.3 is 19.7 Å². The standard InChI is InChI=1S/C22H36N2O3/c1-26-19(25)18-15-23-20-21(27-2)11-7-5-3-4-6-8-13-24-14-10-17(9-12-21)22(18,20)16-24/h3,5,17-18,20,23H,4,6-16H2,1-2H3/b5-3-/t17-,18?,20+,21+,22+/m1/s1. The van der Waals surface area contributed by atoms with Crippen LogP contribution in [0.3, 0.4) is 0 Å². The molecule has 3 aliphatic heterocycles. The zero-order valence-corrected chi connectivity index (χ0v) is 17.0. The van der Waals surface area contributed by atoms with Crippen molar-refractivity contribution in [1.82, 2.24) is 10.2 Å². The molecule has 3 bridgehead atoms. The van der Waals surface area contributed by atoms with Gasteiger partial charge in [-0.25, -0.2) is 0 Å². The van der Waals surface area contributed by atoms with Crippen LogP contribution >= 0.6 is 0 Å². The molecule has 2 unspecified atom stereocenters. The molecule has 1 saturated carbocycles. The van der Waals surface area contributed by atoms with Crippen LogP contribution in [0, 0.1) is 17.3 Å². The Morgan fingerprint density at radius 2 is 1.96 bits per heavy atom. The molecule has 2 saturated heterocycles. The van der Waals surface area contributed by atoms with Crippen LogP contribution in [0.5, 0.6) is 0 Å². The van der Waals surface area contributed by atoms with E-state index < -0.39 is 0 Å². The molecule has 1 aliphatic carbocycles.